The monoisotopic (exact) mass is 303 g/mol. The van der Waals surface area contributed by atoms with Crippen molar-refractivity contribution in [1.82, 2.24) is 0 Å². The summed E-state index contributed by atoms with van der Waals surface area (Å²) >= 11 is 6.04. The van der Waals surface area contributed by atoms with E-state index in [2.05, 4.69) is 4.99 Å². The second-order valence-electron chi connectivity index (χ2n) is 4.27. The molecule has 3 nitrogen and oxygen atoms in total. The van der Waals surface area contributed by atoms with Gasteiger partial charge in [0, 0.05) is 16.8 Å². The van der Waals surface area contributed by atoms with E-state index in [9.17, 15) is 0 Å². The van der Waals surface area contributed by atoms with E-state index in [1.54, 1.807) is 12.3 Å². The lowest BCUT2D eigenvalue weighted by Crippen LogP contribution is -1.96. The van der Waals surface area contributed by atoms with E-state index in [1.807, 2.05) is 50.2 Å². The van der Waals surface area contributed by atoms with E-state index >= 15 is 0 Å². The lowest BCUT2D eigenvalue weighted by Gasteiger charge is -2.08. The lowest BCUT2D eigenvalue weighted by molar-refractivity contribution is 0.339. The minimum Gasteiger partial charge on any atom is -0.493 e. The Morgan fingerprint density at radius 2 is 1.71 bits per heavy atom. The Hall–Kier alpha value is -2.00. The summed E-state index contributed by atoms with van der Waals surface area (Å²) in [6.07, 6.45) is 1.74. The summed E-state index contributed by atoms with van der Waals surface area (Å²) in [6, 6.07) is 13.1. The molecule has 0 aliphatic rings. The van der Waals surface area contributed by atoms with Gasteiger partial charge in [-0.05, 0) is 44.2 Å². The molecule has 110 valence electrons. The van der Waals surface area contributed by atoms with Gasteiger partial charge in [-0.25, -0.2) is 0 Å². The molecule has 0 aliphatic heterocycles. The molecule has 21 heavy (non-hydrogen) atoms. The van der Waals surface area contributed by atoms with Gasteiger partial charge in [0.15, 0.2) is 0 Å². The third-order valence-corrected chi connectivity index (χ3v) is 3.01. The number of para-hydroxylation sites is 2. The third-order valence-electron chi connectivity index (χ3n) is 2.78. The third kappa shape index (κ3) is 4.23. The predicted molar refractivity (Wildman–Crippen MR) is 87.5 cm³/mol. The zero-order valence-corrected chi connectivity index (χ0v) is 12.9. The smallest absolute Gasteiger partial charge is 0.144 e. The Balaban J connectivity index is 2.31. The molecule has 2 aromatic rings. The number of nitrogens with zero attached hydrogens (tertiary/aromatic N) is 1. The summed E-state index contributed by atoms with van der Waals surface area (Å²) < 4.78 is 11.1. The number of ether oxygens (including phenoxy) is 2. The highest BCUT2D eigenvalue weighted by Crippen LogP contribution is 2.28. The van der Waals surface area contributed by atoms with Gasteiger partial charge in [0.05, 0.1) is 13.2 Å². The molecule has 0 bridgehead atoms. The van der Waals surface area contributed by atoms with Crippen molar-refractivity contribution >= 4 is 23.5 Å². The summed E-state index contributed by atoms with van der Waals surface area (Å²) in [6.45, 7) is 5.09. The molecular formula is C17H18ClNO2. The van der Waals surface area contributed by atoms with Crippen LogP contribution in [0.4, 0.5) is 5.69 Å². The molecule has 2 aromatic carbocycles. The van der Waals surface area contributed by atoms with Crippen molar-refractivity contribution < 1.29 is 9.47 Å². The number of rotatable bonds is 6. The van der Waals surface area contributed by atoms with Crippen molar-refractivity contribution in [1.29, 1.82) is 0 Å². The van der Waals surface area contributed by atoms with Gasteiger partial charge in [-0.2, -0.15) is 0 Å². The number of halogens is 1. The number of benzene rings is 2. The van der Waals surface area contributed by atoms with Gasteiger partial charge in [0.2, 0.25) is 0 Å². The first-order valence-corrected chi connectivity index (χ1v) is 7.30. The fourth-order valence-electron chi connectivity index (χ4n) is 1.89. The van der Waals surface area contributed by atoms with E-state index in [4.69, 9.17) is 21.1 Å². The van der Waals surface area contributed by atoms with Gasteiger partial charge in [-0.1, -0.05) is 23.7 Å². The highest BCUT2D eigenvalue weighted by atomic mass is 35.5. The molecule has 0 amide bonds. The Labute approximate surface area is 130 Å². The predicted octanol–water partition coefficient (Wildman–Crippen LogP) is 4.89. The normalized spacial score (nSPS) is 10.8. The average molecular weight is 304 g/mol. The molecule has 0 saturated carbocycles. The summed E-state index contributed by atoms with van der Waals surface area (Å²) in [4.78, 5) is 4.49. The molecule has 4 heteroatoms. The molecular weight excluding hydrogens is 286 g/mol. The molecule has 0 fully saturated rings. The van der Waals surface area contributed by atoms with Crippen molar-refractivity contribution in [2.45, 2.75) is 13.8 Å². The largest absolute Gasteiger partial charge is 0.493 e. The standard InChI is InChI=1S/C17H18ClNO2/c1-3-20-16-10-9-14(18)11-13(16)12-19-15-7-5-6-8-17(15)21-4-2/h5-12H,3-4H2,1-2H3. The molecule has 0 radical (unpaired) electrons. The molecule has 0 atom stereocenters. The van der Waals surface area contributed by atoms with E-state index in [0.717, 1.165) is 22.7 Å². The Bertz CT molecular complexity index is 626. The van der Waals surface area contributed by atoms with Crippen molar-refractivity contribution in [3.63, 3.8) is 0 Å². The van der Waals surface area contributed by atoms with Crippen LogP contribution in [0.1, 0.15) is 19.4 Å². The Kier molecular flexibility index (Phi) is 5.64. The number of hydrogen-bond donors (Lipinski definition) is 0. The summed E-state index contributed by atoms with van der Waals surface area (Å²) in [5, 5.41) is 0.651. The van der Waals surface area contributed by atoms with Crippen LogP contribution in [0.2, 0.25) is 5.02 Å². The van der Waals surface area contributed by atoms with Gasteiger partial charge in [-0.15, -0.1) is 0 Å². The fourth-order valence-corrected chi connectivity index (χ4v) is 2.07. The summed E-state index contributed by atoms with van der Waals surface area (Å²) in [7, 11) is 0. The molecule has 0 saturated heterocycles. The zero-order valence-electron chi connectivity index (χ0n) is 12.2. The maximum atomic E-state index is 6.04. The summed E-state index contributed by atoms with van der Waals surface area (Å²) in [5.74, 6) is 1.52. The van der Waals surface area contributed by atoms with Gasteiger partial charge in [-0.3, -0.25) is 4.99 Å². The maximum Gasteiger partial charge on any atom is 0.144 e. The first kappa shape index (κ1) is 15.4. The number of aliphatic imine (C=N–C) groups is 1. The van der Waals surface area contributed by atoms with Crippen LogP contribution in [-0.2, 0) is 0 Å². The minimum absolute atomic E-state index is 0.595. The van der Waals surface area contributed by atoms with E-state index in [-0.39, 0.29) is 0 Å². The number of hydrogen-bond acceptors (Lipinski definition) is 3. The topological polar surface area (TPSA) is 30.8 Å². The van der Waals surface area contributed by atoms with Crippen molar-refractivity contribution in [2.24, 2.45) is 4.99 Å². The SMILES string of the molecule is CCOc1ccc(Cl)cc1C=Nc1ccccc1OCC. The van der Waals surface area contributed by atoms with Crippen LogP contribution in [0.15, 0.2) is 47.5 Å². The van der Waals surface area contributed by atoms with Crippen LogP contribution in [0.25, 0.3) is 0 Å². The molecule has 0 aromatic heterocycles. The molecule has 0 aliphatic carbocycles. The van der Waals surface area contributed by atoms with Crippen LogP contribution in [0.3, 0.4) is 0 Å². The van der Waals surface area contributed by atoms with Gasteiger partial charge >= 0.3 is 0 Å². The van der Waals surface area contributed by atoms with E-state index < -0.39 is 0 Å². The molecule has 0 heterocycles. The van der Waals surface area contributed by atoms with Gasteiger partial charge < -0.3 is 9.47 Å². The molecule has 0 spiro atoms. The van der Waals surface area contributed by atoms with Crippen LogP contribution in [0, 0.1) is 0 Å². The van der Waals surface area contributed by atoms with Crippen LogP contribution in [-0.4, -0.2) is 19.4 Å². The quantitative estimate of drug-likeness (QED) is 0.711. The van der Waals surface area contributed by atoms with Crippen LogP contribution < -0.4 is 9.47 Å². The highest BCUT2D eigenvalue weighted by Gasteiger charge is 2.04. The maximum absolute atomic E-state index is 6.04. The second kappa shape index (κ2) is 7.70. The highest BCUT2D eigenvalue weighted by molar-refractivity contribution is 6.30. The average Bonchev–Trinajstić information content (AvgIpc) is 2.49. The minimum atomic E-state index is 0.595. The van der Waals surface area contributed by atoms with Gasteiger partial charge in [0.1, 0.15) is 17.2 Å². The first-order valence-electron chi connectivity index (χ1n) is 6.92. The van der Waals surface area contributed by atoms with Crippen LogP contribution >= 0.6 is 11.6 Å². The van der Waals surface area contributed by atoms with E-state index in [1.165, 1.54) is 0 Å². The fraction of sp³-hybridized carbons (Fsp3) is 0.235. The summed E-state index contributed by atoms with van der Waals surface area (Å²) in [5.41, 5.74) is 1.62. The lowest BCUT2D eigenvalue weighted by atomic mass is 10.2. The zero-order chi connectivity index (χ0) is 15.1. The van der Waals surface area contributed by atoms with Gasteiger partial charge in [0.25, 0.3) is 0 Å². The van der Waals surface area contributed by atoms with Crippen LogP contribution in [0.5, 0.6) is 11.5 Å². The van der Waals surface area contributed by atoms with Crippen molar-refractivity contribution in [3.8, 4) is 11.5 Å². The van der Waals surface area contributed by atoms with E-state index in [0.29, 0.717) is 18.2 Å². The van der Waals surface area contributed by atoms with Crippen molar-refractivity contribution in [2.75, 3.05) is 13.2 Å². The first-order chi connectivity index (χ1) is 10.2. The second-order valence-corrected chi connectivity index (χ2v) is 4.71. The Morgan fingerprint density at radius 1 is 1.00 bits per heavy atom. The molecule has 0 N–H and O–H groups in total. The molecule has 2 rings (SSSR count). The van der Waals surface area contributed by atoms with Crippen molar-refractivity contribution in [3.05, 3.63) is 53.1 Å². The Morgan fingerprint density at radius 3 is 2.48 bits per heavy atom. The molecule has 0 unspecified atom stereocenters.